The SMILES string of the molecule is CCN(C1CC1)C1CN(C)CC1C. The molecule has 0 N–H and O–H groups in total. The van der Waals surface area contributed by atoms with Crippen LogP contribution in [-0.4, -0.2) is 48.6 Å². The summed E-state index contributed by atoms with van der Waals surface area (Å²) in [5.41, 5.74) is 0. The molecule has 1 saturated carbocycles. The molecule has 1 aliphatic carbocycles. The van der Waals surface area contributed by atoms with Gasteiger partial charge in [-0.2, -0.15) is 0 Å². The van der Waals surface area contributed by atoms with Crippen LogP contribution in [0.4, 0.5) is 0 Å². The standard InChI is InChI=1S/C11H22N2/c1-4-13(10-5-6-10)11-8-12(3)7-9(11)2/h9-11H,4-8H2,1-3H3. The molecule has 0 spiro atoms. The van der Waals surface area contributed by atoms with Crippen molar-refractivity contribution in [2.24, 2.45) is 5.92 Å². The zero-order valence-corrected chi connectivity index (χ0v) is 9.16. The van der Waals surface area contributed by atoms with Crippen molar-refractivity contribution in [1.29, 1.82) is 0 Å². The summed E-state index contributed by atoms with van der Waals surface area (Å²) in [5.74, 6) is 0.866. The topological polar surface area (TPSA) is 6.48 Å². The Labute approximate surface area is 81.9 Å². The van der Waals surface area contributed by atoms with Crippen molar-refractivity contribution in [3.8, 4) is 0 Å². The van der Waals surface area contributed by atoms with E-state index in [-0.39, 0.29) is 0 Å². The molecule has 13 heavy (non-hydrogen) atoms. The van der Waals surface area contributed by atoms with Crippen LogP contribution >= 0.6 is 0 Å². The predicted molar refractivity (Wildman–Crippen MR) is 55.9 cm³/mol. The molecule has 2 rings (SSSR count). The lowest BCUT2D eigenvalue weighted by Gasteiger charge is -2.30. The molecule has 2 atom stereocenters. The first-order valence-electron chi connectivity index (χ1n) is 5.66. The molecule has 0 aromatic heterocycles. The third kappa shape index (κ3) is 1.89. The first-order valence-corrected chi connectivity index (χ1v) is 5.66. The number of likely N-dealkylation sites (N-methyl/N-ethyl adjacent to an activating group) is 2. The van der Waals surface area contributed by atoms with Crippen LogP contribution < -0.4 is 0 Å². The molecular weight excluding hydrogens is 160 g/mol. The van der Waals surface area contributed by atoms with Crippen molar-refractivity contribution >= 4 is 0 Å². The van der Waals surface area contributed by atoms with E-state index >= 15 is 0 Å². The van der Waals surface area contributed by atoms with Crippen molar-refractivity contribution in [1.82, 2.24) is 9.80 Å². The molecule has 1 heterocycles. The van der Waals surface area contributed by atoms with Gasteiger partial charge in [0.05, 0.1) is 0 Å². The Kier molecular flexibility index (Phi) is 2.61. The quantitative estimate of drug-likeness (QED) is 0.651. The van der Waals surface area contributed by atoms with Gasteiger partial charge in [-0.1, -0.05) is 13.8 Å². The lowest BCUT2D eigenvalue weighted by Crippen LogP contribution is -2.41. The smallest absolute Gasteiger partial charge is 0.0263 e. The average Bonchev–Trinajstić information content (AvgIpc) is 2.82. The summed E-state index contributed by atoms with van der Waals surface area (Å²) in [6.45, 7) is 8.52. The van der Waals surface area contributed by atoms with E-state index in [1.165, 1.54) is 32.5 Å². The van der Waals surface area contributed by atoms with Crippen molar-refractivity contribution in [2.45, 2.75) is 38.8 Å². The first-order chi connectivity index (χ1) is 6.22. The minimum absolute atomic E-state index is 0.836. The summed E-state index contributed by atoms with van der Waals surface area (Å²) in [4.78, 5) is 5.20. The van der Waals surface area contributed by atoms with E-state index in [2.05, 4.69) is 30.7 Å². The van der Waals surface area contributed by atoms with Crippen LogP contribution in [0.5, 0.6) is 0 Å². The van der Waals surface area contributed by atoms with Crippen LogP contribution in [0.25, 0.3) is 0 Å². The summed E-state index contributed by atoms with van der Waals surface area (Å²) >= 11 is 0. The Bertz CT molecular complexity index is 177. The Morgan fingerprint density at radius 1 is 1.31 bits per heavy atom. The van der Waals surface area contributed by atoms with Gasteiger partial charge in [-0.05, 0) is 32.4 Å². The molecule has 76 valence electrons. The van der Waals surface area contributed by atoms with Crippen LogP contribution in [0, 0.1) is 5.92 Å². The number of likely N-dealkylation sites (tertiary alicyclic amines) is 1. The maximum atomic E-state index is 2.73. The fourth-order valence-corrected chi connectivity index (χ4v) is 2.79. The predicted octanol–water partition coefficient (Wildman–Crippen LogP) is 1.42. The minimum Gasteiger partial charge on any atom is -0.304 e. The number of hydrogen-bond acceptors (Lipinski definition) is 2. The van der Waals surface area contributed by atoms with Gasteiger partial charge in [-0.25, -0.2) is 0 Å². The van der Waals surface area contributed by atoms with Gasteiger partial charge < -0.3 is 4.90 Å². The lowest BCUT2D eigenvalue weighted by atomic mass is 10.0. The highest BCUT2D eigenvalue weighted by Crippen LogP contribution is 2.32. The summed E-state index contributed by atoms with van der Waals surface area (Å²) in [6.07, 6.45) is 2.89. The van der Waals surface area contributed by atoms with E-state index in [4.69, 9.17) is 0 Å². The molecule has 1 saturated heterocycles. The fourth-order valence-electron chi connectivity index (χ4n) is 2.79. The van der Waals surface area contributed by atoms with Crippen LogP contribution in [-0.2, 0) is 0 Å². The van der Waals surface area contributed by atoms with E-state index in [1.807, 2.05) is 0 Å². The monoisotopic (exact) mass is 182 g/mol. The average molecular weight is 182 g/mol. The van der Waals surface area contributed by atoms with Crippen molar-refractivity contribution in [3.63, 3.8) is 0 Å². The summed E-state index contributed by atoms with van der Waals surface area (Å²) < 4.78 is 0. The molecule has 0 amide bonds. The molecule has 2 fully saturated rings. The van der Waals surface area contributed by atoms with Crippen LogP contribution in [0.2, 0.25) is 0 Å². The highest BCUT2D eigenvalue weighted by atomic mass is 15.3. The third-order valence-electron chi connectivity index (χ3n) is 3.56. The molecule has 2 nitrogen and oxygen atoms in total. The first kappa shape index (κ1) is 9.47. The van der Waals surface area contributed by atoms with Crippen molar-refractivity contribution < 1.29 is 0 Å². The van der Waals surface area contributed by atoms with E-state index in [0.717, 1.165) is 18.0 Å². The Morgan fingerprint density at radius 2 is 2.00 bits per heavy atom. The lowest BCUT2D eigenvalue weighted by molar-refractivity contribution is 0.173. The number of rotatable bonds is 3. The van der Waals surface area contributed by atoms with Crippen LogP contribution in [0.15, 0.2) is 0 Å². The summed E-state index contributed by atoms with van der Waals surface area (Å²) in [5, 5.41) is 0. The maximum Gasteiger partial charge on any atom is 0.0263 e. The van der Waals surface area contributed by atoms with Gasteiger partial charge in [-0.3, -0.25) is 4.90 Å². The molecule has 2 unspecified atom stereocenters. The van der Waals surface area contributed by atoms with Gasteiger partial charge in [0.1, 0.15) is 0 Å². The molecule has 0 bridgehead atoms. The molecule has 2 aliphatic rings. The van der Waals surface area contributed by atoms with Gasteiger partial charge in [-0.15, -0.1) is 0 Å². The third-order valence-corrected chi connectivity index (χ3v) is 3.56. The van der Waals surface area contributed by atoms with Crippen molar-refractivity contribution in [3.05, 3.63) is 0 Å². The second-order valence-corrected chi connectivity index (χ2v) is 4.83. The summed E-state index contributed by atoms with van der Waals surface area (Å²) in [7, 11) is 2.25. The van der Waals surface area contributed by atoms with E-state index in [9.17, 15) is 0 Å². The highest BCUT2D eigenvalue weighted by molar-refractivity contribution is 4.94. The normalized spacial score (nSPS) is 36.0. The van der Waals surface area contributed by atoms with Gasteiger partial charge in [0.15, 0.2) is 0 Å². The van der Waals surface area contributed by atoms with E-state index in [0.29, 0.717) is 0 Å². The molecular formula is C11H22N2. The second-order valence-electron chi connectivity index (χ2n) is 4.83. The Morgan fingerprint density at radius 3 is 2.38 bits per heavy atom. The maximum absolute atomic E-state index is 2.73. The van der Waals surface area contributed by atoms with Gasteiger partial charge in [0, 0.05) is 25.2 Å². The van der Waals surface area contributed by atoms with Gasteiger partial charge >= 0.3 is 0 Å². The number of nitrogens with zero attached hydrogens (tertiary/aromatic N) is 2. The van der Waals surface area contributed by atoms with Crippen molar-refractivity contribution in [2.75, 3.05) is 26.7 Å². The van der Waals surface area contributed by atoms with E-state index < -0.39 is 0 Å². The minimum atomic E-state index is 0.836. The highest BCUT2D eigenvalue weighted by Gasteiger charge is 2.38. The fraction of sp³-hybridized carbons (Fsp3) is 1.00. The Hall–Kier alpha value is -0.0800. The molecule has 2 heteroatoms. The largest absolute Gasteiger partial charge is 0.304 e. The van der Waals surface area contributed by atoms with Gasteiger partial charge in [0.2, 0.25) is 0 Å². The second kappa shape index (κ2) is 3.58. The number of hydrogen-bond donors (Lipinski definition) is 0. The molecule has 0 radical (unpaired) electrons. The Balaban J connectivity index is 1.97. The van der Waals surface area contributed by atoms with Gasteiger partial charge in [0.25, 0.3) is 0 Å². The van der Waals surface area contributed by atoms with E-state index in [1.54, 1.807) is 0 Å². The molecule has 0 aromatic carbocycles. The molecule has 1 aliphatic heterocycles. The summed E-state index contributed by atoms with van der Waals surface area (Å²) in [6, 6.07) is 1.77. The zero-order valence-electron chi connectivity index (χ0n) is 9.16. The zero-order chi connectivity index (χ0) is 9.42. The van der Waals surface area contributed by atoms with Crippen LogP contribution in [0.1, 0.15) is 26.7 Å². The molecule has 0 aromatic rings. The van der Waals surface area contributed by atoms with Crippen LogP contribution in [0.3, 0.4) is 0 Å².